The Bertz CT molecular complexity index is 828. The molecule has 3 nitrogen and oxygen atoms in total. The SMILES string of the molecule is C#CCOc1ccccc1CN1[C@@H]2CC[C@H]1CC(O)(c1ccc(F)cc1)C2. The first-order valence-electron chi connectivity index (χ1n) is 9.47. The summed E-state index contributed by atoms with van der Waals surface area (Å²) in [6.07, 6.45) is 8.80. The van der Waals surface area contributed by atoms with E-state index in [-0.39, 0.29) is 12.4 Å². The van der Waals surface area contributed by atoms with Crippen LogP contribution in [0.4, 0.5) is 4.39 Å². The number of nitrogens with zero attached hydrogens (tertiary/aromatic N) is 1. The number of para-hydroxylation sites is 1. The molecule has 2 aromatic rings. The average Bonchev–Trinajstić information content (AvgIpc) is 2.91. The maximum absolute atomic E-state index is 13.3. The van der Waals surface area contributed by atoms with Crippen LogP contribution in [0.5, 0.6) is 5.75 Å². The third kappa shape index (κ3) is 3.58. The minimum absolute atomic E-state index is 0.258. The van der Waals surface area contributed by atoms with Gasteiger partial charge in [-0.1, -0.05) is 36.3 Å². The highest BCUT2D eigenvalue weighted by atomic mass is 19.1. The molecule has 2 fully saturated rings. The van der Waals surface area contributed by atoms with Crippen molar-refractivity contribution in [3.05, 3.63) is 65.5 Å². The second-order valence-corrected chi connectivity index (χ2v) is 7.60. The van der Waals surface area contributed by atoms with Crippen LogP contribution < -0.4 is 4.74 Å². The predicted molar refractivity (Wildman–Crippen MR) is 103 cm³/mol. The van der Waals surface area contributed by atoms with Gasteiger partial charge in [0.1, 0.15) is 18.2 Å². The molecule has 4 heteroatoms. The molecule has 2 aliphatic rings. The van der Waals surface area contributed by atoms with Crippen LogP contribution in [0.15, 0.2) is 48.5 Å². The Kier molecular flexibility index (Phi) is 4.90. The normalized spacial score (nSPS) is 27.3. The molecule has 3 atom stereocenters. The Morgan fingerprint density at radius 1 is 1.11 bits per heavy atom. The second kappa shape index (κ2) is 7.34. The standard InChI is InChI=1S/C23H24FNO2/c1-2-13-27-22-6-4-3-5-17(22)16-25-20-11-12-21(25)15-23(26,14-20)18-7-9-19(24)10-8-18/h1,3-10,20-21,26H,11-16H2/t20-,21+,23?. The molecule has 2 aliphatic heterocycles. The van der Waals surface area contributed by atoms with E-state index in [1.807, 2.05) is 18.2 Å². The number of hydrogen-bond donors (Lipinski definition) is 1. The summed E-state index contributed by atoms with van der Waals surface area (Å²) in [4.78, 5) is 2.48. The summed E-state index contributed by atoms with van der Waals surface area (Å²) in [6, 6.07) is 14.9. The monoisotopic (exact) mass is 365 g/mol. The Balaban J connectivity index is 1.52. The molecule has 1 N–H and O–H groups in total. The first-order valence-corrected chi connectivity index (χ1v) is 9.47. The zero-order valence-electron chi connectivity index (χ0n) is 15.3. The predicted octanol–water partition coefficient (Wildman–Crippen LogP) is 3.85. The highest BCUT2D eigenvalue weighted by Gasteiger charge is 2.48. The highest BCUT2D eigenvalue weighted by molar-refractivity contribution is 5.34. The Morgan fingerprint density at radius 2 is 1.78 bits per heavy atom. The number of aliphatic hydroxyl groups is 1. The van der Waals surface area contributed by atoms with E-state index < -0.39 is 5.60 Å². The average molecular weight is 365 g/mol. The van der Waals surface area contributed by atoms with E-state index >= 15 is 0 Å². The second-order valence-electron chi connectivity index (χ2n) is 7.60. The smallest absolute Gasteiger partial charge is 0.148 e. The Labute approximate surface area is 159 Å². The summed E-state index contributed by atoms with van der Waals surface area (Å²) in [5.41, 5.74) is 1.06. The summed E-state index contributed by atoms with van der Waals surface area (Å²) in [5.74, 6) is 3.07. The molecule has 2 aromatic carbocycles. The van der Waals surface area contributed by atoms with Gasteiger partial charge in [0.2, 0.25) is 0 Å². The first-order chi connectivity index (χ1) is 13.1. The van der Waals surface area contributed by atoms with Crippen molar-refractivity contribution in [2.75, 3.05) is 6.61 Å². The number of terminal acetylenes is 1. The maximum Gasteiger partial charge on any atom is 0.148 e. The van der Waals surface area contributed by atoms with Crippen LogP contribution in [0.3, 0.4) is 0 Å². The van der Waals surface area contributed by atoms with Crippen LogP contribution in [0, 0.1) is 18.2 Å². The number of rotatable bonds is 5. The zero-order valence-corrected chi connectivity index (χ0v) is 15.3. The molecule has 27 heavy (non-hydrogen) atoms. The van der Waals surface area contributed by atoms with Crippen LogP contribution in [-0.4, -0.2) is 28.7 Å². The highest BCUT2D eigenvalue weighted by Crippen LogP contribution is 2.46. The minimum Gasteiger partial charge on any atom is -0.481 e. The summed E-state index contributed by atoms with van der Waals surface area (Å²) in [7, 11) is 0. The molecule has 0 aromatic heterocycles. The quantitative estimate of drug-likeness (QED) is 0.817. The van der Waals surface area contributed by atoms with Crippen LogP contribution in [-0.2, 0) is 12.1 Å². The van der Waals surface area contributed by atoms with Gasteiger partial charge in [0.05, 0.1) is 5.60 Å². The molecule has 140 valence electrons. The zero-order chi connectivity index (χ0) is 18.9. The third-order valence-corrected chi connectivity index (χ3v) is 5.94. The fraction of sp³-hybridized carbons (Fsp3) is 0.391. The van der Waals surface area contributed by atoms with E-state index in [2.05, 4.69) is 16.9 Å². The number of halogens is 1. The van der Waals surface area contributed by atoms with E-state index in [0.29, 0.717) is 24.9 Å². The minimum atomic E-state index is -0.879. The fourth-order valence-electron chi connectivity index (χ4n) is 4.66. The van der Waals surface area contributed by atoms with E-state index in [9.17, 15) is 9.50 Å². The molecular formula is C23H24FNO2. The van der Waals surface area contributed by atoms with Crippen molar-refractivity contribution in [2.45, 2.75) is 49.9 Å². The Hall–Kier alpha value is -2.35. The van der Waals surface area contributed by atoms with Gasteiger partial charge < -0.3 is 9.84 Å². The molecule has 0 spiro atoms. The number of fused-ring (bicyclic) bond motifs is 2. The first kappa shape index (κ1) is 18.0. The van der Waals surface area contributed by atoms with Gasteiger partial charge in [0.15, 0.2) is 0 Å². The van der Waals surface area contributed by atoms with E-state index in [1.165, 1.54) is 12.1 Å². The van der Waals surface area contributed by atoms with Gasteiger partial charge in [-0.05, 0) is 49.4 Å². The van der Waals surface area contributed by atoms with Crippen molar-refractivity contribution in [3.63, 3.8) is 0 Å². The topological polar surface area (TPSA) is 32.7 Å². The summed E-state index contributed by atoms with van der Waals surface area (Å²) < 4.78 is 19.0. The van der Waals surface area contributed by atoms with Gasteiger partial charge in [-0.3, -0.25) is 4.90 Å². The van der Waals surface area contributed by atoms with Crippen LogP contribution >= 0.6 is 0 Å². The van der Waals surface area contributed by atoms with Crippen molar-refractivity contribution in [1.82, 2.24) is 4.90 Å². The molecular weight excluding hydrogens is 341 g/mol. The lowest BCUT2D eigenvalue weighted by molar-refractivity contribution is -0.0596. The Morgan fingerprint density at radius 3 is 2.44 bits per heavy atom. The van der Waals surface area contributed by atoms with Gasteiger partial charge >= 0.3 is 0 Å². The summed E-state index contributed by atoms with van der Waals surface area (Å²) in [6.45, 7) is 1.05. The molecule has 2 bridgehead atoms. The van der Waals surface area contributed by atoms with Crippen molar-refractivity contribution >= 4 is 0 Å². The molecule has 0 amide bonds. The van der Waals surface area contributed by atoms with Gasteiger partial charge in [0, 0.05) is 24.2 Å². The van der Waals surface area contributed by atoms with E-state index in [1.54, 1.807) is 12.1 Å². The molecule has 0 saturated carbocycles. The molecule has 4 rings (SSSR count). The van der Waals surface area contributed by atoms with Gasteiger partial charge in [-0.2, -0.15) is 0 Å². The van der Waals surface area contributed by atoms with Gasteiger partial charge in [-0.15, -0.1) is 6.42 Å². The molecule has 0 aliphatic carbocycles. The van der Waals surface area contributed by atoms with Gasteiger partial charge in [0.25, 0.3) is 0 Å². The number of ether oxygens (including phenoxy) is 1. The molecule has 1 unspecified atom stereocenters. The maximum atomic E-state index is 13.3. The van der Waals surface area contributed by atoms with E-state index in [0.717, 1.165) is 36.3 Å². The van der Waals surface area contributed by atoms with E-state index in [4.69, 9.17) is 11.2 Å². The number of benzene rings is 2. The summed E-state index contributed by atoms with van der Waals surface area (Å²) in [5, 5.41) is 11.3. The number of piperidine rings is 1. The lowest BCUT2D eigenvalue weighted by Gasteiger charge is -2.44. The van der Waals surface area contributed by atoms with Crippen LogP contribution in [0.2, 0.25) is 0 Å². The summed E-state index contributed by atoms with van der Waals surface area (Å²) >= 11 is 0. The third-order valence-electron chi connectivity index (χ3n) is 5.94. The molecule has 2 heterocycles. The van der Waals surface area contributed by atoms with Crippen molar-refractivity contribution in [1.29, 1.82) is 0 Å². The van der Waals surface area contributed by atoms with Crippen LogP contribution in [0.1, 0.15) is 36.8 Å². The fourth-order valence-corrected chi connectivity index (χ4v) is 4.66. The van der Waals surface area contributed by atoms with Crippen molar-refractivity contribution in [3.8, 4) is 18.1 Å². The molecule has 2 saturated heterocycles. The largest absolute Gasteiger partial charge is 0.481 e. The van der Waals surface area contributed by atoms with Gasteiger partial charge in [-0.25, -0.2) is 4.39 Å². The lowest BCUT2D eigenvalue weighted by Crippen LogP contribution is -2.49. The lowest BCUT2D eigenvalue weighted by atomic mass is 9.80. The van der Waals surface area contributed by atoms with Crippen LogP contribution in [0.25, 0.3) is 0 Å². The van der Waals surface area contributed by atoms with Crippen molar-refractivity contribution in [2.24, 2.45) is 0 Å². The molecule has 0 radical (unpaired) electrons. The van der Waals surface area contributed by atoms with Crippen molar-refractivity contribution < 1.29 is 14.2 Å². The number of hydrogen-bond acceptors (Lipinski definition) is 3.